The fraction of sp³-hybridized carbons (Fsp3) is 0.600. The fourth-order valence-corrected chi connectivity index (χ4v) is 1.37. The molecule has 6 heteroatoms. The van der Waals surface area contributed by atoms with Gasteiger partial charge in [-0.3, -0.25) is 4.99 Å². The summed E-state index contributed by atoms with van der Waals surface area (Å²) < 4.78 is 2.02. The highest BCUT2D eigenvalue weighted by Crippen LogP contribution is 1.91. The van der Waals surface area contributed by atoms with E-state index in [0.717, 1.165) is 19.0 Å². The van der Waals surface area contributed by atoms with Crippen LogP contribution in [0, 0.1) is 0 Å². The Morgan fingerprint density at radius 3 is 2.31 bits per heavy atom. The zero-order chi connectivity index (χ0) is 11.3. The first-order valence-corrected chi connectivity index (χ1v) is 4.96. The summed E-state index contributed by atoms with van der Waals surface area (Å²) in [5, 5.41) is 0. The Bertz CT molecular complexity index is 295. The second-order valence-corrected chi connectivity index (χ2v) is 3.77. The lowest BCUT2D eigenvalue weighted by molar-refractivity contribution is 0.477. The minimum Gasteiger partial charge on any atom is -0.349 e. The van der Waals surface area contributed by atoms with Crippen molar-refractivity contribution in [2.75, 3.05) is 34.7 Å². The van der Waals surface area contributed by atoms with Crippen molar-refractivity contribution in [3.05, 3.63) is 18.7 Å². The lowest BCUT2D eigenvalue weighted by atomic mass is 10.6. The Morgan fingerprint density at radius 1 is 1.25 bits per heavy atom. The van der Waals surface area contributed by atoms with E-state index in [0.29, 0.717) is 0 Å². The minimum atomic E-state index is 0. The lowest BCUT2D eigenvalue weighted by Crippen LogP contribution is -2.35. The number of halogens is 1. The second-order valence-electron chi connectivity index (χ2n) is 3.77. The van der Waals surface area contributed by atoms with Crippen LogP contribution in [0.15, 0.2) is 23.7 Å². The molecule has 92 valence electrons. The number of hydrogen-bond acceptors (Lipinski definition) is 2. The molecule has 0 aromatic carbocycles. The van der Waals surface area contributed by atoms with Crippen molar-refractivity contribution < 1.29 is 0 Å². The van der Waals surface area contributed by atoms with Gasteiger partial charge in [0.1, 0.15) is 0 Å². The van der Waals surface area contributed by atoms with E-state index in [2.05, 4.69) is 9.98 Å². The molecule has 1 aromatic heterocycles. The van der Waals surface area contributed by atoms with Crippen LogP contribution in [0.3, 0.4) is 0 Å². The van der Waals surface area contributed by atoms with Crippen molar-refractivity contribution in [3.8, 4) is 0 Å². The molecule has 1 rings (SSSR count). The number of aromatic nitrogens is 2. The van der Waals surface area contributed by atoms with E-state index in [4.69, 9.17) is 0 Å². The van der Waals surface area contributed by atoms with Gasteiger partial charge in [0.2, 0.25) is 0 Å². The van der Waals surface area contributed by atoms with E-state index in [1.165, 1.54) is 0 Å². The van der Waals surface area contributed by atoms with Crippen LogP contribution in [0.1, 0.15) is 0 Å². The van der Waals surface area contributed by atoms with E-state index < -0.39 is 0 Å². The molecule has 0 atom stereocenters. The highest BCUT2D eigenvalue weighted by Gasteiger charge is 2.02. The van der Waals surface area contributed by atoms with Crippen LogP contribution >= 0.6 is 24.0 Å². The molecule has 0 aliphatic heterocycles. The van der Waals surface area contributed by atoms with Gasteiger partial charge in [0.05, 0.1) is 12.9 Å². The quantitative estimate of drug-likeness (QED) is 0.469. The van der Waals surface area contributed by atoms with E-state index in [-0.39, 0.29) is 24.0 Å². The van der Waals surface area contributed by atoms with Gasteiger partial charge >= 0.3 is 0 Å². The maximum Gasteiger partial charge on any atom is 0.195 e. The number of nitrogens with zero attached hydrogens (tertiary/aromatic N) is 5. The molecular formula is C10H20IN5. The number of rotatable bonds is 3. The fourth-order valence-electron chi connectivity index (χ4n) is 1.37. The van der Waals surface area contributed by atoms with Crippen molar-refractivity contribution in [2.45, 2.75) is 6.54 Å². The van der Waals surface area contributed by atoms with Gasteiger partial charge in [-0.2, -0.15) is 0 Å². The van der Waals surface area contributed by atoms with Gasteiger partial charge in [-0.15, -0.1) is 24.0 Å². The van der Waals surface area contributed by atoms with Crippen LogP contribution in [0.5, 0.6) is 0 Å². The Kier molecular flexibility index (Phi) is 7.11. The largest absolute Gasteiger partial charge is 0.349 e. The van der Waals surface area contributed by atoms with Crippen LogP contribution in [-0.2, 0) is 6.54 Å². The predicted molar refractivity (Wildman–Crippen MR) is 77.3 cm³/mol. The zero-order valence-corrected chi connectivity index (χ0v) is 12.6. The van der Waals surface area contributed by atoms with Crippen LogP contribution < -0.4 is 0 Å². The van der Waals surface area contributed by atoms with Crippen molar-refractivity contribution in [1.29, 1.82) is 0 Å². The Balaban J connectivity index is 0.00000225. The van der Waals surface area contributed by atoms with Crippen LogP contribution in [0.4, 0.5) is 0 Å². The Morgan fingerprint density at radius 2 is 1.88 bits per heavy atom. The number of imidazole rings is 1. The van der Waals surface area contributed by atoms with E-state index in [1.54, 1.807) is 12.5 Å². The summed E-state index contributed by atoms with van der Waals surface area (Å²) in [5.74, 6) is 0.982. The second kappa shape index (κ2) is 7.48. The summed E-state index contributed by atoms with van der Waals surface area (Å²) in [7, 11) is 7.98. The average Bonchev–Trinajstić information content (AvgIpc) is 2.63. The van der Waals surface area contributed by atoms with E-state index in [9.17, 15) is 0 Å². The SMILES string of the molecule is CN(C)C(=NCCn1ccnc1)N(C)C.I. The smallest absolute Gasteiger partial charge is 0.195 e. The lowest BCUT2D eigenvalue weighted by Gasteiger charge is -2.22. The molecule has 16 heavy (non-hydrogen) atoms. The first-order chi connectivity index (χ1) is 7.11. The molecular weight excluding hydrogens is 317 g/mol. The molecule has 0 saturated heterocycles. The third-order valence-corrected chi connectivity index (χ3v) is 1.97. The molecule has 0 N–H and O–H groups in total. The number of guanidine groups is 1. The van der Waals surface area contributed by atoms with Crippen molar-refractivity contribution >= 4 is 29.9 Å². The first kappa shape index (κ1) is 15.2. The molecule has 1 aromatic rings. The highest BCUT2D eigenvalue weighted by atomic mass is 127. The number of hydrogen-bond donors (Lipinski definition) is 0. The van der Waals surface area contributed by atoms with Gasteiger partial charge in [-0.25, -0.2) is 4.98 Å². The summed E-state index contributed by atoms with van der Waals surface area (Å²) in [6.45, 7) is 1.63. The standard InChI is InChI=1S/C10H19N5.HI/c1-13(2)10(14(3)4)12-6-8-15-7-5-11-9-15;/h5,7,9H,6,8H2,1-4H3;1H. The van der Waals surface area contributed by atoms with Gasteiger partial charge in [0.15, 0.2) is 5.96 Å². The third-order valence-electron chi connectivity index (χ3n) is 1.97. The van der Waals surface area contributed by atoms with Crippen LogP contribution in [-0.4, -0.2) is 60.0 Å². The normalized spacial score (nSPS) is 9.25. The molecule has 0 bridgehead atoms. The topological polar surface area (TPSA) is 36.7 Å². The van der Waals surface area contributed by atoms with E-state index in [1.807, 2.05) is 48.8 Å². The minimum absolute atomic E-state index is 0. The molecule has 0 fully saturated rings. The zero-order valence-electron chi connectivity index (χ0n) is 10.3. The first-order valence-electron chi connectivity index (χ1n) is 4.96. The Hall–Kier alpha value is -0.790. The summed E-state index contributed by atoms with van der Waals surface area (Å²) in [5.41, 5.74) is 0. The maximum absolute atomic E-state index is 4.52. The highest BCUT2D eigenvalue weighted by molar-refractivity contribution is 14.0. The average molecular weight is 337 g/mol. The van der Waals surface area contributed by atoms with Crippen molar-refractivity contribution in [2.24, 2.45) is 4.99 Å². The molecule has 0 aliphatic carbocycles. The summed E-state index contributed by atoms with van der Waals surface area (Å²) in [6.07, 6.45) is 5.53. The van der Waals surface area contributed by atoms with E-state index >= 15 is 0 Å². The molecule has 5 nitrogen and oxygen atoms in total. The van der Waals surface area contributed by atoms with Crippen molar-refractivity contribution in [3.63, 3.8) is 0 Å². The van der Waals surface area contributed by atoms with Gasteiger partial charge in [0.25, 0.3) is 0 Å². The number of aliphatic imine (C=N–C) groups is 1. The molecule has 0 radical (unpaired) electrons. The summed E-state index contributed by atoms with van der Waals surface area (Å²) in [6, 6.07) is 0. The molecule has 0 spiro atoms. The molecule has 0 aliphatic rings. The molecule has 0 saturated carbocycles. The van der Waals surface area contributed by atoms with Gasteiger partial charge < -0.3 is 14.4 Å². The molecule has 1 heterocycles. The predicted octanol–water partition coefficient (Wildman–Crippen LogP) is 0.980. The van der Waals surface area contributed by atoms with Crippen LogP contribution in [0.2, 0.25) is 0 Å². The molecule has 0 unspecified atom stereocenters. The van der Waals surface area contributed by atoms with Gasteiger partial charge in [-0.05, 0) is 0 Å². The summed E-state index contributed by atoms with van der Waals surface area (Å²) >= 11 is 0. The van der Waals surface area contributed by atoms with Crippen LogP contribution in [0.25, 0.3) is 0 Å². The van der Waals surface area contributed by atoms with Crippen molar-refractivity contribution in [1.82, 2.24) is 19.4 Å². The molecule has 0 amide bonds. The third kappa shape index (κ3) is 4.82. The van der Waals surface area contributed by atoms with Gasteiger partial charge in [0, 0.05) is 47.1 Å². The monoisotopic (exact) mass is 337 g/mol. The summed E-state index contributed by atoms with van der Waals surface area (Å²) in [4.78, 5) is 12.5. The Labute approximate surface area is 114 Å². The van der Waals surface area contributed by atoms with Gasteiger partial charge in [-0.1, -0.05) is 0 Å². The maximum atomic E-state index is 4.52.